The lowest BCUT2D eigenvalue weighted by Crippen LogP contribution is -2.47. The molecule has 1 amide bonds. The average molecular weight is 446 g/mol. The number of thiophene rings is 1. The van der Waals surface area contributed by atoms with E-state index in [1.165, 1.54) is 11.3 Å². The highest BCUT2D eigenvalue weighted by molar-refractivity contribution is 7.20. The lowest BCUT2D eigenvalue weighted by molar-refractivity contribution is 0.0954. The van der Waals surface area contributed by atoms with Crippen molar-refractivity contribution in [1.82, 2.24) is 25.3 Å². The van der Waals surface area contributed by atoms with Gasteiger partial charge in [0.05, 0.1) is 10.3 Å². The minimum absolute atomic E-state index is 0.0970. The van der Waals surface area contributed by atoms with Gasteiger partial charge >= 0.3 is 0 Å². The van der Waals surface area contributed by atoms with Gasteiger partial charge in [-0.2, -0.15) is 0 Å². The normalized spacial score (nSPS) is 14.0. The maximum Gasteiger partial charge on any atom is 0.261 e. The highest BCUT2D eigenvalue weighted by Gasteiger charge is 2.24. The standard InChI is InChI=1S/C23H23N7OS/c1-16-19-21(30-11-9-29(10-12-30)18-6-2-3-8-25-18)27-15-28-23(19)32-20(16)22(31)26-14-17-5-4-7-24-13-17/h2-8,13,15H,9-12,14H2,1H3,(H,26,31). The van der Waals surface area contributed by atoms with Crippen molar-refractivity contribution in [1.29, 1.82) is 0 Å². The number of carbonyl (C=O) groups excluding carboxylic acids is 1. The summed E-state index contributed by atoms with van der Waals surface area (Å²) < 4.78 is 0. The van der Waals surface area contributed by atoms with Crippen molar-refractivity contribution in [3.8, 4) is 0 Å². The summed E-state index contributed by atoms with van der Waals surface area (Å²) in [6.07, 6.45) is 6.89. The average Bonchev–Trinajstić information content (AvgIpc) is 3.20. The van der Waals surface area contributed by atoms with Crippen LogP contribution in [0.5, 0.6) is 0 Å². The molecule has 0 aliphatic carbocycles. The van der Waals surface area contributed by atoms with Crippen molar-refractivity contribution in [3.63, 3.8) is 0 Å². The number of hydrogen-bond donors (Lipinski definition) is 1. The molecule has 5 rings (SSSR count). The Morgan fingerprint density at radius 3 is 2.62 bits per heavy atom. The zero-order chi connectivity index (χ0) is 21.9. The maximum atomic E-state index is 12.9. The summed E-state index contributed by atoms with van der Waals surface area (Å²) in [4.78, 5) is 36.6. The molecule has 0 spiro atoms. The number of aryl methyl sites for hydroxylation is 1. The first-order valence-corrected chi connectivity index (χ1v) is 11.3. The van der Waals surface area contributed by atoms with Crippen LogP contribution < -0.4 is 15.1 Å². The van der Waals surface area contributed by atoms with E-state index in [4.69, 9.17) is 0 Å². The number of carbonyl (C=O) groups is 1. The van der Waals surface area contributed by atoms with E-state index in [2.05, 4.69) is 35.1 Å². The largest absolute Gasteiger partial charge is 0.353 e. The zero-order valence-electron chi connectivity index (χ0n) is 17.7. The second-order valence-corrected chi connectivity index (χ2v) is 8.64. The first-order valence-electron chi connectivity index (χ1n) is 10.5. The smallest absolute Gasteiger partial charge is 0.261 e. The van der Waals surface area contributed by atoms with Gasteiger partial charge in [0.25, 0.3) is 5.91 Å². The maximum absolute atomic E-state index is 12.9. The lowest BCUT2D eigenvalue weighted by atomic mass is 10.1. The Hall–Kier alpha value is -3.59. The van der Waals surface area contributed by atoms with Gasteiger partial charge in [-0.1, -0.05) is 12.1 Å². The molecule has 0 radical (unpaired) electrons. The molecule has 8 nitrogen and oxygen atoms in total. The predicted octanol–water partition coefficient (Wildman–Crippen LogP) is 3.05. The van der Waals surface area contributed by atoms with Gasteiger partial charge in [-0.15, -0.1) is 11.3 Å². The molecule has 4 aromatic rings. The number of nitrogens with zero attached hydrogens (tertiary/aromatic N) is 6. The number of nitrogens with one attached hydrogen (secondary N) is 1. The van der Waals surface area contributed by atoms with Crippen molar-refractivity contribution in [2.45, 2.75) is 13.5 Å². The fraction of sp³-hybridized carbons (Fsp3) is 0.261. The van der Waals surface area contributed by atoms with Crippen LogP contribution in [0.2, 0.25) is 0 Å². The third-order valence-electron chi connectivity index (χ3n) is 5.64. The van der Waals surface area contributed by atoms with Gasteiger partial charge in [0.1, 0.15) is 22.8 Å². The monoisotopic (exact) mass is 445 g/mol. The van der Waals surface area contributed by atoms with Crippen LogP contribution in [0.1, 0.15) is 20.8 Å². The number of piperazine rings is 1. The molecular weight excluding hydrogens is 422 g/mol. The Kier molecular flexibility index (Phi) is 5.64. The van der Waals surface area contributed by atoms with Crippen molar-refractivity contribution in [2.24, 2.45) is 0 Å². The van der Waals surface area contributed by atoms with Crippen LogP contribution in [-0.2, 0) is 6.54 Å². The van der Waals surface area contributed by atoms with Gasteiger partial charge in [-0.3, -0.25) is 9.78 Å². The van der Waals surface area contributed by atoms with E-state index >= 15 is 0 Å². The minimum Gasteiger partial charge on any atom is -0.353 e. The Morgan fingerprint density at radius 2 is 1.88 bits per heavy atom. The molecule has 32 heavy (non-hydrogen) atoms. The number of rotatable bonds is 5. The van der Waals surface area contributed by atoms with Gasteiger partial charge in [-0.05, 0) is 36.2 Å². The Balaban J connectivity index is 1.35. The number of hydrogen-bond acceptors (Lipinski definition) is 8. The summed E-state index contributed by atoms with van der Waals surface area (Å²) in [6, 6.07) is 9.79. The topological polar surface area (TPSA) is 87.1 Å². The Morgan fingerprint density at radius 1 is 1.03 bits per heavy atom. The van der Waals surface area contributed by atoms with E-state index < -0.39 is 0 Å². The number of anilines is 2. The third kappa shape index (κ3) is 3.99. The van der Waals surface area contributed by atoms with Crippen LogP contribution in [0.25, 0.3) is 10.2 Å². The van der Waals surface area contributed by atoms with Crippen molar-refractivity contribution < 1.29 is 4.79 Å². The van der Waals surface area contributed by atoms with Crippen LogP contribution in [-0.4, -0.2) is 52.0 Å². The van der Waals surface area contributed by atoms with Gasteiger partial charge in [0, 0.05) is 51.3 Å². The highest BCUT2D eigenvalue weighted by atomic mass is 32.1. The first kappa shape index (κ1) is 20.3. The molecule has 0 atom stereocenters. The van der Waals surface area contributed by atoms with Crippen molar-refractivity contribution in [2.75, 3.05) is 36.0 Å². The molecule has 0 saturated carbocycles. The van der Waals surface area contributed by atoms with Crippen LogP contribution in [0.3, 0.4) is 0 Å². The predicted molar refractivity (Wildman–Crippen MR) is 126 cm³/mol. The van der Waals surface area contributed by atoms with Crippen LogP contribution >= 0.6 is 11.3 Å². The summed E-state index contributed by atoms with van der Waals surface area (Å²) in [5, 5.41) is 3.96. The Labute approximate surface area is 190 Å². The van der Waals surface area contributed by atoms with E-state index in [1.54, 1.807) is 18.7 Å². The highest BCUT2D eigenvalue weighted by Crippen LogP contribution is 2.35. The quantitative estimate of drug-likeness (QED) is 0.505. The molecule has 162 valence electrons. The molecule has 0 unspecified atom stereocenters. The third-order valence-corrected chi connectivity index (χ3v) is 6.84. The first-order chi connectivity index (χ1) is 15.7. The zero-order valence-corrected chi connectivity index (χ0v) is 18.5. The molecule has 1 saturated heterocycles. The van der Waals surface area contributed by atoms with Crippen molar-refractivity contribution in [3.05, 3.63) is 71.3 Å². The van der Waals surface area contributed by atoms with Gasteiger partial charge in [0.15, 0.2) is 0 Å². The van der Waals surface area contributed by atoms with Crippen LogP contribution in [0, 0.1) is 6.92 Å². The molecule has 0 aromatic carbocycles. The van der Waals surface area contributed by atoms with E-state index in [0.717, 1.165) is 59.2 Å². The number of fused-ring (bicyclic) bond motifs is 1. The van der Waals surface area contributed by atoms with Gasteiger partial charge < -0.3 is 15.1 Å². The molecule has 1 aliphatic heterocycles. The van der Waals surface area contributed by atoms with Crippen LogP contribution in [0.4, 0.5) is 11.6 Å². The SMILES string of the molecule is Cc1c(C(=O)NCc2cccnc2)sc2ncnc(N3CCN(c4ccccn4)CC3)c12. The number of amides is 1. The number of pyridine rings is 2. The van der Waals surface area contributed by atoms with Crippen molar-refractivity contribution >= 4 is 39.1 Å². The summed E-state index contributed by atoms with van der Waals surface area (Å²) >= 11 is 1.42. The number of aromatic nitrogens is 4. The second-order valence-electron chi connectivity index (χ2n) is 7.64. The Bertz CT molecular complexity index is 1220. The van der Waals surface area contributed by atoms with E-state index in [-0.39, 0.29) is 5.91 Å². The second kappa shape index (κ2) is 8.88. The lowest BCUT2D eigenvalue weighted by Gasteiger charge is -2.36. The molecule has 1 aliphatic rings. The van der Waals surface area contributed by atoms with E-state index in [9.17, 15) is 4.79 Å². The molecule has 1 fully saturated rings. The summed E-state index contributed by atoms with van der Waals surface area (Å²) in [6.45, 7) is 5.82. The molecule has 1 N–H and O–H groups in total. The fourth-order valence-corrected chi connectivity index (χ4v) is 5.02. The van der Waals surface area contributed by atoms with E-state index in [1.807, 2.05) is 43.5 Å². The molecule has 9 heteroatoms. The molecule has 0 bridgehead atoms. The van der Waals surface area contributed by atoms with Crippen LogP contribution in [0.15, 0.2) is 55.2 Å². The van der Waals surface area contributed by atoms with Gasteiger partial charge in [0.2, 0.25) is 0 Å². The molecule has 5 heterocycles. The summed E-state index contributed by atoms with van der Waals surface area (Å²) in [5.74, 6) is 1.80. The minimum atomic E-state index is -0.0970. The van der Waals surface area contributed by atoms with Gasteiger partial charge in [-0.25, -0.2) is 15.0 Å². The summed E-state index contributed by atoms with van der Waals surface area (Å²) in [5.41, 5.74) is 1.89. The van der Waals surface area contributed by atoms with E-state index in [0.29, 0.717) is 11.4 Å². The fourth-order valence-electron chi connectivity index (χ4n) is 3.96. The molecular formula is C23H23N7OS. The summed E-state index contributed by atoms with van der Waals surface area (Å²) in [7, 11) is 0. The molecule has 4 aromatic heterocycles.